The maximum atomic E-state index is 13.0. The minimum absolute atomic E-state index is 0.186. The topological polar surface area (TPSA) is 149 Å². The number of aliphatic hydroxyl groups excluding tert-OH is 5. The summed E-state index contributed by atoms with van der Waals surface area (Å²) in [5.74, 6) is -0.186. The number of amides is 1. The molecule has 7 atom stereocenters. The Bertz CT molecular complexity index is 1050. The van der Waals surface area contributed by atoms with Crippen LogP contribution in [0.3, 0.4) is 0 Å². The molecule has 6 N–H and O–H groups in total. The Kier molecular flexibility index (Phi) is 39.9. The summed E-state index contributed by atoms with van der Waals surface area (Å²) in [6, 6.07) is -0.819. The Hall–Kier alpha value is -1.59. The molecule has 1 saturated heterocycles. The molecule has 7 unspecified atom stereocenters. The molecule has 1 fully saturated rings. The van der Waals surface area contributed by atoms with Crippen molar-refractivity contribution < 1.29 is 39.8 Å². The fourth-order valence-electron chi connectivity index (χ4n) is 8.05. The highest BCUT2D eigenvalue weighted by Gasteiger charge is 2.44. The van der Waals surface area contributed by atoms with Crippen LogP contribution in [0.4, 0.5) is 0 Å². The molecule has 0 spiro atoms. The van der Waals surface area contributed by atoms with Crippen LogP contribution in [0.5, 0.6) is 0 Å². The fraction of sp³-hybridized carbons (Fsp3) is 0.865. The molecule has 1 aliphatic heterocycles. The zero-order chi connectivity index (χ0) is 44.4. The van der Waals surface area contributed by atoms with Gasteiger partial charge in [0.2, 0.25) is 5.91 Å². The molecular weight excluding hydrogens is 767 g/mol. The lowest BCUT2D eigenvalue weighted by Gasteiger charge is -2.40. The van der Waals surface area contributed by atoms with E-state index in [0.29, 0.717) is 6.42 Å². The van der Waals surface area contributed by atoms with Crippen LogP contribution in [0.1, 0.15) is 232 Å². The third-order valence-corrected chi connectivity index (χ3v) is 12.2. The summed E-state index contributed by atoms with van der Waals surface area (Å²) in [5.41, 5.74) is 0. The zero-order valence-corrected chi connectivity index (χ0v) is 39.4. The summed E-state index contributed by atoms with van der Waals surface area (Å²) < 4.78 is 11.2. The molecule has 358 valence electrons. The van der Waals surface area contributed by atoms with Crippen molar-refractivity contribution in [1.29, 1.82) is 0 Å². The molecule has 1 aliphatic rings. The first-order chi connectivity index (χ1) is 29.8. The number of carbonyl (C=O) groups excluding carboxylic acids is 1. The standard InChI is InChI=1S/C52H97NO8/c1-3-5-7-9-11-13-15-17-18-19-20-21-22-23-24-25-26-27-28-30-32-34-36-38-40-42-48(56)53-45(44-60-52-51(59)50(58)49(57)47(43-54)61-52)46(55)41-39-37-35-33-31-29-16-14-12-10-8-6-4-2/h19-20,31,33,39,41,45-47,49-52,54-55,57-59H,3-18,21-30,32,34-38,40,42-44H2,1-2H3,(H,53,56)/b20-19-,33-31+,41-39+. The Labute approximate surface area is 374 Å². The van der Waals surface area contributed by atoms with Crippen LogP contribution >= 0.6 is 0 Å². The van der Waals surface area contributed by atoms with Crippen LogP contribution in [0.15, 0.2) is 36.5 Å². The highest BCUT2D eigenvalue weighted by atomic mass is 16.7. The summed E-state index contributed by atoms with van der Waals surface area (Å²) in [6.45, 7) is 3.75. The maximum absolute atomic E-state index is 13.0. The molecule has 0 aromatic heterocycles. The minimum Gasteiger partial charge on any atom is -0.394 e. The number of rotatable bonds is 43. The van der Waals surface area contributed by atoms with Gasteiger partial charge in [0.15, 0.2) is 6.29 Å². The van der Waals surface area contributed by atoms with Crippen LogP contribution < -0.4 is 5.32 Å². The van der Waals surface area contributed by atoms with E-state index in [4.69, 9.17) is 9.47 Å². The first-order valence-corrected chi connectivity index (χ1v) is 25.7. The normalized spacial score (nSPS) is 20.7. The number of hydrogen-bond acceptors (Lipinski definition) is 8. The van der Waals surface area contributed by atoms with E-state index >= 15 is 0 Å². The predicted octanol–water partition coefficient (Wildman–Crippen LogP) is 11.6. The Morgan fingerprint density at radius 1 is 0.541 bits per heavy atom. The first kappa shape index (κ1) is 57.4. The van der Waals surface area contributed by atoms with E-state index in [9.17, 15) is 30.3 Å². The number of hydrogen-bond donors (Lipinski definition) is 6. The molecule has 0 aliphatic carbocycles. The highest BCUT2D eigenvalue weighted by Crippen LogP contribution is 2.23. The molecule has 0 aromatic carbocycles. The van der Waals surface area contributed by atoms with Crippen LogP contribution in [-0.4, -0.2) is 87.5 Å². The van der Waals surface area contributed by atoms with Gasteiger partial charge in [-0.3, -0.25) is 4.79 Å². The van der Waals surface area contributed by atoms with Crippen LogP contribution in [-0.2, 0) is 14.3 Å². The second kappa shape index (κ2) is 42.4. The highest BCUT2D eigenvalue weighted by molar-refractivity contribution is 5.76. The summed E-state index contributed by atoms with van der Waals surface area (Å²) in [6.07, 6.45) is 46.3. The van der Waals surface area contributed by atoms with Crippen LogP contribution in [0.2, 0.25) is 0 Å². The second-order valence-electron chi connectivity index (χ2n) is 18.0. The van der Waals surface area contributed by atoms with Crippen molar-refractivity contribution in [2.24, 2.45) is 0 Å². The molecule has 0 radical (unpaired) electrons. The van der Waals surface area contributed by atoms with Crippen molar-refractivity contribution in [3.8, 4) is 0 Å². The van der Waals surface area contributed by atoms with Crippen molar-refractivity contribution in [3.63, 3.8) is 0 Å². The number of allylic oxidation sites excluding steroid dienone is 5. The Morgan fingerprint density at radius 3 is 1.38 bits per heavy atom. The summed E-state index contributed by atoms with van der Waals surface area (Å²) in [5, 5.41) is 54.2. The van der Waals surface area contributed by atoms with E-state index in [0.717, 1.165) is 38.5 Å². The fourth-order valence-corrected chi connectivity index (χ4v) is 8.05. The molecule has 1 heterocycles. The van der Waals surface area contributed by atoms with Gasteiger partial charge in [-0.15, -0.1) is 0 Å². The second-order valence-corrected chi connectivity index (χ2v) is 18.0. The van der Waals surface area contributed by atoms with Crippen LogP contribution in [0.25, 0.3) is 0 Å². The minimum atomic E-state index is -1.57. The molecular formula is C52H97NO8. The van der Waals surface area contributed by atoms with Gasteiger partial charge in [-0.1, -0.05) is 204 Å². The molecule has 9 nitrogen and oxygen atoms in total. The van der Waals surface area contributed by atoms with E-state index in [-0.39, 0.29) is 12.5 Å². The molecule has 1 amide bonds. The van der Waals surface area contributed by atoms with E-state index in [1.165, 1.54) is 173 Å². The van der Waals surface area contributed by atoms with Gasteiger partial charge in [-0.25, -0.2) is 0 Å². The average molecular weight is 864 g/mol. The van der Waals surface area contributed by atoms with Crippen molar-refractivity contribution >= 4 is 5.91 Å². The average Bonchev–Trinajstić information content (AvgIpc) is 3.26. The van der Waals surface area contributed by atoms with E-state index in [1.807, 2.05) is 6.08 Å². The third kappa shape index (κ3) is 32.7. The SMILES string of the molecule is CCCCCCCCC/C=C/CC/C=C/C(O)C(COC1OC(CO)C(O)C(O)C1O)NC(=O)CCCCCCCCCCCCCCC/C=C\CCCCCCCCCC. The number of unbranched alkanes of at least 4 members (excludes halogenated alkanes) is 29. The number of aliphatic hydroxyl groups is 5. The molecule has 9 heteroatoms. The quantitative estimate of drug-likeness (QED) is 0.0262. The van der Waals surface area contributed by atoms with Gasteiger partial charge in [-0.2, -0.15) is 0 Å². The number of nitrogens with one attached hydrogen (secondary N) is 1. The van der Waals surface area contributed by atoms with Crippen molar-refractivity contribution in [3.05, 3.63) is 36.5 Å². The molecule has 0 bridgehead atoms. The van der Waals surface area contributed by atoms with Gasteiger partial charge in [0.25, 0.3) is 0 Å². The van der Waals surface area contributed by atoms with Gasteiger partial charge < -0.3 is 40.3 Å². The first-order valence-electron chi connectivity index (χ1n) is 25.7. The van der Waals surface area contributed by atoms with E-state index in [1.54, 1.807) is 6.08 Å². The largest absolute Gasteiger partial charge is 0.394 e. The van der Waals surface area contributed by atoms with Crippen molar-refractivity contribution in [2.45, 2.75) is 275 Å². The van der Waals surface area contributed by atoms with Gasteiger partial charge >= 0.3 is 0 Å². The third-order valence-electron chi connectivity index (χ3n) is 12.2. The smallest absolute Gasteiger partial charge is 0.220 e. The van der Waals surface area contributed by atoms with Gasteiger partial charge in [-0.05, 0) is 57.8 Å². The molecule has 0 aromatic rings. The lowest BCUT2D eigenvalue weighted by molar-refractivity contribution is -0.302. The monoisotopic (exact) mass is 864 g/mol. The summed E-state index contributed by atoms with van der Waals surface area (Å²) in [4.78, 5) is 13.0. The van der Waals surface area contributed by atoms with Crippen LogP contribution in [0, 0.1) is 0 Å². The van der Waals surface area contributed by atoms with Gasteiger partial charge in [0.1, 0.15) is 24.4 Å². The zero-order valence-electron chi connectivity index (χ0n) is 39.4. The van der Waals surface area contributed by atoms with E-state index < -0.39 is 49.5 Å². The molecule has 61 heavy (non-hydrogen) atoms. The lowest BCUT2D eigenvalue weighted by atomic mass is 9.99. The molecule has 1 rings (SSSR count). The van der Waals surface area contributed by atoms with Crippen molar-refractivity contribution in [1.82, 2.24) is 5.32 Å². The van der Waals surface area contributed by atoms with E-state index in [2.05, 4.69) is 43.5 Å². The van der Waals surface area contributed by atoms with Gasteiger partial charge in [0, 0.05) is 6.42 Å². The predicted molar refractivity (Wildman–Crippen MR) is 253 cm³/mol. The molecule has 0 saturated carbocycles. The Balaban J connectivity index is 2.24. The summed E-state index contributed by atoms with van der Waals surface area (Å²) >= 11 is 0. The maximum Gasteiger partial charge on any atom is 0.220 e. The number of carbonyl (C=O) groups is 1. The van der Waals surface area contributed by atoms with Crippen molar-refractivity contribution in [2.75, 3.05) is 13.2 Å². The summed E-state index contributed by atoms with van der Waals surface area (Å²) in [7, 11) is 0. The number of ether oxygens (including phenoxy) is 2. The van der Waals surface area contributed by atoms with Gasteiger partial charge in [0.05, 0.1) is 25.4 Å². The lowest BCUT2D eigenvalue weighted by Crippen LogP contribution is -2.60. The Morgan fingerprint density at radius 2 is 0.934 bits per heavy atom.